The van der Waals surface area contributed by atoms with E-state index in [1.54, 1.807) is 56.3 Å². The highest BCUT2D eigenvalue weighted by atomic mass is 16.2. The van der Waals surface area contributed by atoms with Crippen molar-refractivity contribution >= 4 is 22.7 Å². The summed E-state index contributed by atoms with van der Waals surface area (Å²) in [4.78, 5) is 55.5. The molecule has 0 radical (unpaired) electrons. The minimum Gasteiger partial charge on any atom is -0.345 e. The number of fused-ring (bicyclic) bond motifs is 1. The molecule has 8 heteroatoms. The quantitative estimate of drug-likeness (QED) is 0.658. The van der Waals surface area contributed by atoms with Crippen LogP contribution in [0.5, 0.6) is 0 Å². The Balaban J connectivity index is 1.86. The van der Waals surface area contributed by atoms with Gasteiger partial charge in [0.25, 0.3) is 17.4 Å². The second-order valence-electron chi connectivity index (χ2n) is 7.46. The van der Waals surface area contributed by atoms with E-state index in [-0.39, 0.29) is 23.9 Å². The number of nitrogens with zero attached hydrogens (tertiary/aromatic N) is 3. The number of hydrogen-bond acceptors (Lipinski definition) is 4. The summed E-state index contributed by atoms with van der Waals surface area (Å²) in [7, 11) is 3.39. The Morgan fingerprint density at radius 3 is 2.16 bits per heavy atom. The molecule has 162 valence electrons. The van der Waals surface area contributed by atoms with Crippen LogP contribution in [0, 0.1) is 0 Å². The predicted molar refractivity (Wildman–Crippen MR) is 119 cm³/mol. The zero-order valence-corrected chi connectivity index (χ0v) is 18.1. The third kappa shape index (κ3) is 4.42. The third-order valence-corrected chi connectivity index (χ3v) is 5.19. The molecule has 2 aromatic carbocycles. The number of rotatable bonds is 6. The van der Waals surface area contributed by atoms with Crippen LogP contribution in [-0.4, -0.2) is 51.8 Å². The molecule has 0 aliphatic heterocycles. The fraction of sp³-hybridized carbons (Fsp3) is 0.304. The van der Waals surface area contributed by atoms with Gasteiger partial charge in [0, 0.05) is 44.9 Å². The summed E-state index contributed by atoms with van der Waals surface area (Å²) in [6, 6.07) is 11.9. The van der Waals surface area contributed by atoms with Crippen LogP contribution in [0.4, 0.5) is 0 Å². The van der Waals surface area contributed by atoms with Crippen molar-refractivity contribution in [2.75, 3.05) is 20.6 Å². The summed E-state index contributed by atoms with van der Waals surface area (Å²) in [5, 5.41) is 0.363. The lowest BCUT2D eigenvalue weighted by Crippen LogP contribution is -2.34. The van der Waals surface area contributed by atoms with Gasteiger partial charge in [-0.3, -0.25) is 19.0 Å². The number of H-pyrrole nitrogens is 1. The van der Waals surface area contributed by atoms with Gasteiger partial charge in [0.15, 0.2) is 0 Å². The number of amides is 2. The minimum absolute atomic E-state index is 0.0812. The van der Waals surface area contributed by atoms with E-state index in [0.717, 1.165) is 10.1 Å². The van der Waals surface area contributed by atoms with Gasteiger partial charge in [-0.2, -0.15) is 0 Å². The molecule has 1 aromatic heterocycles. The zero-order chi connectivity index (χ0) is 22.7. The highest BCUT2D eigenvalue weighted by Crippen LogP contribution is 2.15. The molecule has 3 aromatic rings. The molecular formula is C23H26N4O4. The van der Waals surface area contributed by atoms with Crippen molar-refractivity contribution in [1.29, 1.82) is 0 Å². The number of benzene rings is 2. The average molecular weight is 422 g/mol. The molecule has 1 N–H and O–H groups in total. The first-order valence-electron chi connectivity index (χ1n) is 10.1. The molecule has 0 aliphatic carbocycles. The van der Waals surface area contributed by atoms with Crippen LogP contribution in [0.1, 0.15) is 40.1 Å². The van der Waals surface area contributed by atoms with Crippen molar-refractivity contribution in [3.05, 3.63) is 80.0 Å². The van der Waals surface area contributed by atoms with Crippen molar-refractivity contribution in [1.82, 2.24) is 19.4 Å². The molecule has 0 spiro atoms. The molecule has 2 amide bonds. The monoisotopic (exact) mass is 422 g/mol. The smallest absolute Gasteiger partial charge is 0.328 e. The molecule has 0 saturated carbocycles. The number of carbonyl (C=O) groups excluding carboxylic acids is 2. The van der Waals surface area contributed by atoms with Gasteiger partial charge in [0.2, 0.25) is 0 Å². The summed E-state index contributed by atoms with van der Waals surface area (Å²) in [6.45, 7) is 4.72. The molecule has 31 heavy (non-hydrogen) atoms. The molecule has 0 bridgehead atoms. The van der Waals surface area contributed by atoms with Crippen LogP contribution in [0.25, 0.3) is 10.9 Å². The Morgan fingerprint density at radius 2 is 1.58 bits per heavy atom. The Hall–Kier alpha value is -3.68. The first kappa shape index (κ1) is 22.0. The molecule has 1 heterocycles. The van der Waals surface area contributed by atoms with Crippen molar-refractivity contribution in [2.24, 2.45) is 0 Å². The molecule has 3 rings (SSSR count). The SMILES string of the molecule is CCN(Cc1ccc(C(=O)N(C)C)cc1)C(=O)c1ccc2c(=O)n(CC)c(=O)[nH]c2c1. The van der Waals surface area contributed by atoms with E-state index >= 15 is 0 Å². The lowest BCUT2D eigenvalue weighted by atomic mass is 10.1. The summed E-state index contributed by atoms with van der Waals surface area (Å²) in [5.74, 6) is -0.291. The topological polar surface area (TPSA) is 95.5 Å². The first-order chi connectivity index (χ1) is 14.8. The van der Waals surface area contributed by atoms with Crippen LogP contribution >= 0.6 is 0 Å². The maximum absolute atomic E-state index is 13.1. The van der Waals surface area contributed by atoms with Crippen LogP contribution in [0.3, 0.4) is 0 Å². The fourth-order valence-corrected chi connectivity index (χ4v) is 3.42. The first-order valence-corrected chi connectivity index (χ1v) is 10.1. The average Bonchev–Trinajstić information content (AvgIpc) is 2.76. The summed E-state index contributed by atoms with van der Waals surface area (Å²) in [6.07, 6.45) is 0. The normalized spacial score (nSPS) is 10.8. The second-order valence-corrected chi connectivity index (χ2v) is 7.46. The number of carbonyl (C=O) groups is 2. The van der Waals surface area contributed by atoms with Crippen molar-refractivity contribution in [3.63, 3.8) is 0 Å². The zero-order valence-electron chi connectivity index (χ0n) is 18.1. The molecule has 0 unspecified atom stereocenters. The second kappa shape index (κ2) is 8.99. The molecule has 0 atom stereocenters. The van der Waals surface area contributed by atoms with Gasteiger partial charge < -0.3 is 14.8 Å². The van der Waals surface area contributed by atoms with Crippen molar-refractivity contribution in [2.45, 2.75) is 26.9 Å². The Kier molecular flexibility index (Phi) is 6.39. The van der Waals surface area contributed by atoms with Gasteiger partial charge in [-0.15, -0.1) is 0 Å². The van der Waals surface area contributed by atoms with Gasteiger partial charge in [-0.05, 0) is 49.7 Å². The summed E-state index contributed by atoms with van der Waals surface area (Å²) >= 11 is 0. The van der Waals surface area contributed by atoms with Gasteiger partial charge in [0.05, 0.1) is 10.9 Å². The van der Waals surface area contributed by atoms with E-state index in [9.17, 15) is 19.2 Å². The van der Waals surface area contributed by atoms with E-state index in [0.29, 0.717) is 35.1 Å². The lowest BCUT2D eigenvalue weighted by molar-refractivity contribution is 0.0751. The van der Waals surface area contributed by atoms with Crippen LogP contribution in [-0.2, 0) is 13.1 Å². The molecule has 0 saturated heterocycles. The lowest BCUT2D eigenvalue weighted by Gasteiger charge is -2.21. The van der Waals surface area contributed by atoms with Gasteiger partial charge in [-0.1, -0.05) is 12.1 Å². The number of nitrogens with one attached hydrogen (secondary N) is 1. The predicted octanol–water partition coefficient (Wildman–Crippen LogP) is 2.07. The van der Waals surface area contributed by atoms with E-state index in [2.05, 4.69) is 4.98 Å². The highest BCUT2D eigenvalue weighted by molar-refractivity contribution is 5.97. The van der Waals surface area contributed by atoms with Crippen LogP contribution in [0.2, 0.25) is 0 Å². The number of aromatic amines is 1. The van der Waals surface area contributed by atoms with E-state index in [1.165, 1.54) is 4.90 Å². The Morgan fingerprint density at radius 1 is 0.935 bits per heavy atom. The van der Waals surface area contributed by atoms with Gasteiger partial charge in [0.1, 0.15) is 0 Å². The number of hydrogen-bond donors (Lipinski definition) is 1. The Bertz CT molecular complexity index is 1240. The maximum Gasteiger partial charge on any atom is 0.328 e. The fourth-order valence-electron chi connectivity index (χ4n) is 3.42. The number of aromatic nitrogens is 2. The Labute approximate surface area is 179 Å². The van der Waals surface area contributed by atoms with E-state index in [4.69, 9.17) is 0 Å². The van der Waals surface area contributed by atoms with Crippen LogP contribution < -0.4 is 11.2 Å². The molecule has 0 fully saturated rings. The minimum atomic E-state index is -0.496. The summed E-state index contributed by atoms with van der Waals surface area (Å²) < 4.78 is 1.12. The van der Waals surface area contributed by atoms with Gasteiger partial charge in [-0.25, -0.2) is 4.79 Å². The standard InChI is InChI=1S/C23H26N4O4/c1-5-26(14-15-7-9-16(10-8-15)20(28)25(3)4)21(29)17-11-12-18-19(13-17)24-23(31)27(6-2)22(18)30/h7-13H,5-6,14H2,1-4H3,(H,24,31). The van der Waals surface area contributed by atoms with Gasteiger partial charge >= 0.3 is 5.69 Å². The largest absolute Gasteiger partial charge is 0.345 e. The van der Waals surface area contributed by atoms with Crippen molar-refractivity contribution in [3.8, 4) is 0 Å². The van der Waals surface area contributed by atoms with Crippen LogP contribution in [0.15, 0.2) is 52.1 Å². The highest BCUT2D eigenvalue weighted by Gasteiger charge is 2.17. The van der Waals surface area contributed by atoms with E-state index < -0.39 is 5.69 Å². The summed E-state index contributed by atoms with van der Waals surface area (Å²) in [5.41, 5.74) is 1.33. The third-order valence-electron chi connectivity index (χ3n) is 5.19. The maximum atomic E-state index is 13.1. The molecular weight excluding hydrogens is 396 g/mol. The molecule has 8 nitrogen and oxygen atoms in total. The van der Waals surface area contributed by atoms with E-state index in [1.807, 2.05) is 19.1 Å². The molecule has 0 aliphatic rings. The van der Waals surface area contributed by atoms with Crippen molar-refractivity contribution < 1.29 is 9.59 Å².